The van der Waals surface area contributed by atoms with Crippen LogP contribution in [0, 0.1) is 5.92 Å². The molecule has 2 aromatic heterocycles. The molecule has 2 N–H and O–H groups in total. The zero-order chi connectivity index (χ0) is 18.5. The van der Waals surface area contributed by atoms with Crippen molar-refractivity contribution in [2.24, 2.45) is 5.92 Å². The van der Waals surface area contributed by atoms with Crippen LogP contribution in [0.25, 0.3) is 10.9 Å². The van der Waals surface area contributed by atoms with Gasteiger partial charge in [-0.3, -0.25) is 9.78 Å². The summed E-state index contributed by atoms with van der Waals surface area (Å²) in [4.78, 5) is 19.8. The smallest absolute Gasteiger partial charge is 0.220 e. The summed E-state index contributed by atoms with van der Waals surface area (Å²) in [6.45, 7) is 1.30. The molecule has 27 heavy (non-hydrogen) atoms. The summed E-state index contributed by atoms with van der Waals surface area (Å²) >= 11 is 0. The van der Waals surface area contributed by atoms with Gasteiger partial charge in [0.15, 0.2) is 0 Å². The number of pyridine rings is 1. The van der Waals surface area contributed by atoms with Gasteiger partial charge in [0.2, 0.25) is 5.91 Å². The van der Waals surface area contributed by atoms with Crippen LogP contribution < -0.4 is 5.32 Å². The predicted molar refractivity (Wildman–Crippen MR) is 105 cm³/mol. The molecule has 1 saturated heterocycles. The second-order valence-corrected chi connectivity index (χ2v) is 7.24. The molecule has 4 rings (SSSR count). The molecule has 1 fully saturated rings. The van der Waals surface area contributed by atoms with Crippen LogP contribution in [0.15, 0.2) is 55.0 Å². The molecule has 5 heteroatoms. The first-order valence-electron chi connectivity index (χ1n) is 9.60. The van der Waals surface area contributed by atoms with E-state index in [1.165, 1.54) is 16.5 Å². The molecule has 0 saturated carbocycles. The van der Waals surface area contributed by atoms with Gasteiger partial charge in [-0.15, -0.1) is 0 Å². The Balaban J connectivity index is 1.26. The Hall–Kier alpha value is -2.66. The Kier molecular flexibility index (Phi) is 5.49. The maximum atomic E-state index is 12.4. The molecule has 0 spiro atoms. The van der Waals surface area contributed by atoms with Gasteiger partial charge < -0.3 is 15.0 Å². The summed E-state index contributed by atoms with van der Waals surface area (Å²) in [5.41, 5.74) is 3.66. The summed E-state index contributed by atoms with van der Waals surface area (Å²) in [5.74, 6) is 0.440. The topological polar surface area (TPSA) is 67.0 Å². The summed E-state index contributed by atoms with van der Waals surface area (Å²) in [6.07, 6.45) is 8.86. The average molecular weight is 363 g/mol. The van der Waals surface area contributed by atoms with Gasteiger partial charge in [-0.1, -0.05) is 18.2 Å². The largest absolute Gasteiger partial charge is 0.379 e. The summed E-state index contributed by atoms with van der Waals surface area (Å²) in [6, 6.07) is 12.4. The predicted octanol–water partition coefficient (Wildman–Crippen LogP) is 3.26. The van der Waals surface area contributed by atoms with Gasteiger partial charge in [-0.05, 0) is 48.6 Å². The highest BCUT2D eigenvalue weighted by atomic mass is 16.5. The quantitative estimate of drug-likeness (QED) is 0.677. The second kappa shape index (κ2) is 8.35. The van der Waals surface area contributed by atoms with Crippen molar-refractivity contribution in [3.05, 3.63) is 66.1 Å². The number of aromatic amines is 1. The lowest BCUT2D eigenvalue weighted by molar-refractivity contribution is -0.122. The molecule has 1 aliphatic rings. The van der Waals surface area contributed by atoms with E-state index in [4.69, 9.17) is 4.74 Å². The van der Waals surface area contributed by atoms with E-state index in [-0.39, 0.29) is 11.9 Å². The SMILES string of the molecule is O=C(CCCc1c[nH]c2ccccc12)N[C@@H]1COC[C@H]1Cc1ccncc1. The minimum Gasteiger partial charge on any atom is -0.379 e. The number of aromatic nitrogens is 2. The minimum absolute atomic E-state index is 0.0961. The minimum atomic E-state index is 0.0961. The van der Waals surface area contributed by atoms with Crippen molar-refractivity contribution in [2.45, 2.75) is 31.7 Å². The van der Waals surface area contributed by atoms with Gasteiger partial charge in [-0.25, -0.2) is 0 Å². The van der Waals surface area contributed by atoms with Crippen LogP contribution in [0.4, 0.5) is 0 Å². The Morgan fingerprint density at radius 3 is 2.93 bits per heavy atom. The number of carbonyl (C=O) groups is 1. The molecule has 0 radical (unpaired) electrons. The number of H-pyrrole nitrogens is 1. The van der Waals surface area contributed by atoms with Gasteiger partial charge in [-0.2, -0.15) is 0 Å². The fraction of sp³-hybridized carbons (Fsp3) is 0.364. The van der Waals surface area contributed by atoms with Crippen molar-refractivity contribution in [3.63, 3.8) is 0 Å². The van der Waals surface area contributed by atoms with Crippen molar-refractivity contribution in [3.8, 4) is 0 Å². The maximum absolute atomic E-state index is 12.4. The highest BCUT2D eigenvalue weighted by molar-refractivity contribution is 5.83. The second-order valence-electron chi connectivity index (χ2n) is 7.24. The van der Waals surface area contributed by atoms with Crippen molar-refractivity contribution in [1.29, 1.82) is 0 Å². The highest BCUT2D eigenvalue weighted by Crippen LogP contribution is 2.21. The van der Waals surface area contributed by atoms with Crippen molar-refractivity contribution < 1.29 is 9.53 Å². The van der Waals surface area contributed by atoms with Crippen molar-refractivity contribution in [1.82, 2.24) is 15.3 Å². The number of carbonyl (C=O) groups excluding carboxylic acids is 1. The van der Waals surface area contributed by atoms with Crippen LogP contribution in [-0.4, -0.2) is 35.1 Å². The number of nitrogens with one attached hydrogen (secondary N) is 2. The highest BCUT2D eigenvalue weighted by Gasteiger charge is 2.29. The number of para-hydroxylation sites is 1. The zero-order valence-corrected chi connectivity index (χ0v) is 15.4. The van der Waals surface area contributed by atoms with E-state index in [2.05, 4.69) is 39.7 Å². The number of aryl methyl sites for hydroxylation is 1. The lowest BCUT2D eigenvalue weighted by Gasteiger charge is -2.19. The Morgan fingerprint density at radius 2 is 2.04 bits per heavy atom. The number of nitrogens with zero attached hydrogens (tertiary/aromatic N) is 1. The van der Waals surface area contributed by atoms with Crippen molar-refractivity contribution >= 4 is 16.8 Å². The average Bonchev–Trinajstić information content (AvgIpc) is 3.30. The van der Waals surface area contributed by atoms with Gasteiger partial charge in [0.1, 0.15) is 0 Å². The number of fused-ring (bicyclic) bond motifs is 1. The number of benzene rings is 1. The number of rotatable bonds is 7. The molecule has 3 heterocycles. The molecule has 140 valence electrons. The molecule has 0 unspecified atom stereocenters. The number of hydrogen-bond donors (Lipinski definition) is 2. The molecule has 1 aliphatic heterocycles. The monoisotopic (exact) mass is 363 g/mol. The van der Waals surface area contributed by atoms with E-state index in [9.17, 15) is 4.79 Å². The van der Waals surface area contributed by atoms with Gasteiger partial charge >= 0.3 is 0 Å². The van der Waals surface area contributed by atoms with E-state index in [0.29, 0.717) is 25.6 Å². The molecule has 0 aliphatic carbocycles. The summed E-state index contributed by atoms with van der Waals surface area (Å²) in [7, 11) is 0. The van der Waals surface area contributed by atoms with Crippen molar-refractivity contribution in [2.75, 3.05) is 13.2 Å². The first kappa shape index (κ1) is 17.7. The Morgan fingerprint density at radius 1 is 1.19 bits per heavy atom. The lowest BCUT2D eigenvalue weighted by Crippen LogP contribution is -2.40. The summed E-state index contributed by atoms with van der Waals surface area (Å²) in [5, 5.41) is 4.43. The molecule has 0 bridgehead atoms. The normalized spacial score (nSPS) is 19.4. The first-order valence-corrected chi connectivity index (χ1v) is 9.60. The van der Waals surface area contributed by atoms with E-state index >= 15 is 0 Å². The number of ether oxygens (including phenoxy) is 1. The van der Waals surface area contributed by atoms with Crippen LogP contribution >= 0.6 is 0 Å². The Labute approximate surface area is 159 Å². The van der Waals surface area contributed by atoms with Gasteiger partial charge in [0.05, 0.1) is 19.3 Å². The van der Waals surface area contributed by atoms with E-state index < -0.39 is 0 Å². The van der Waals surface area contributed by atoms with Gasteiger partial charge in [0.25, 0.3) is 0 Å². The van der Waals surface area contributed by atoms with Crippen LogP contribution in [-0.2, 0) is 22.4 Å². The van der Waals surface area contributed by atoms with Crippen LogP contribution in [0.2, 0.25) is 0 Å². The molecular weight excluding hydrogens is 338 g/mol. The van der Waals surface area contributed by atoms with E-state index in [0.717, 1.165) is 24.8 Å². The zero-order valence-electron chi connectivity index (χ0n) is 15.4. The fourth-order valence-electron chi connectivity index (χ4n) is 3.84. The number of hydrogen-bond acceptors (Lipinski definition) is 3. The maximum Gasteiger partial charge on any atom is 0.220 e. The molecule has 1 aromatic carbocycles. The van der Waals surface area contributed by atoms with E-state index in [1.54, 1.807) is 0 Å². The lowest BCUT2D eigenvalue weighted by atomic mass is 9.95. The number of amides is 1. The van der Waals surface area contributed by atoms with Crippen LogP contribution in [0.1, 0.15) is 24.0 Å². The Bertz CT molecular complexity index is 891. The molecule has 2 atom stereocenters. The third kappa shape index (κ3) is 4.37. The fourth-order valence-corrected chi connectivity index (χ4v) is 3.84. The van der Waals surface area contributed by atoms with Crippen LogP contribution in [0.3, 0.4) is 0 Å². The molecular formula is C22H25N3O2. The molecule has 5 nitrogen and oxygen atoms in total. The molecule has 1 amide bonds. The van der Waals surface area contributed by atoms with Crippen LogP contribution in [0.5, 0.6) is 0 Å². The first-order chi connectivity index (χ1) is 13.3. The van der Waals surface area contributed by atoms with Gasteiger partial charge in [0, 0.05) is 41.8 Å². The third-order valence-electron chi connectivity index (χ3n) is 5.32. The standard InChI is InChI=1S/C22H25N3O2/c26-22(7-3-4-17-13-24-20-6-2-1-5-19(17)20)25-21-15-27-14-18(21)12-16-8-10-23-11-9-16/h1-2,5-6,8-11,13,18,21,24H,3-4,7,12,14-15H2,(H,25,26)/t18-,21-/m1/s1. The molecule has 3 aromatic rings. The summed E-state index contributed by atoms with van der Waals surface area (Å²) < 4.78 is 5.62. The van der Waals surface area contributed by atoms with E-state index in [1.807, 2.05) is 30.6 Å². The third-order valence-corrected chi connectivity index (χ3v) is 5.32.